The van der Waals surface area contributed by atoms with Crippen LogP contribution >= 0.6 is 34.7 Å². The van der Waals surface area contributed by atoms with Crippen LogP contribution in [0.5, 0.6) is 0 Å². The monoisotopic (exact) mass is 528 g/mol. The van der Waals surface area contributed by atoms with E-state index in [9.17, 15) is 9.59 Å². The third-order valence-corrected chi connectivity index (χ3v) is 8.12. The molecule has 2 amide bonds. The minimum Gasteiger partial charge on any atom is -0.368 e. The molecule has 0 spiro atoms. The van der Waals surface area contributed by atoms with Gasteiger partial charge >= 0.3 is 0 Å². The molecule has 1 aromatic heterocycles. The van der Waals surface area contributed by atoms with E-state index in [0.717, 1.165) is 34.5 Å². The van der Waals surface area contributed by atoms with Crippen LogP contribution < -0.4 is 10.2 Å². The number of thiazole rings is 1. The first-order valence-electron chi connectivity index (χ1n) is 11.5. The lowest BCUT2D eigenvalue weighted by Crippen LogP contribution is -2.48. The number of nitrogens with zero attached hydrogens (tertiary/aromatic N) is 3. The molecule has 4 rings (SSSR count). The van der Waals surface area contributed by atoms with Crippen molar-refractivity contribution in [2.75, 3.05) is 42.1 Å². The van der Waals surface area contributed by atoms with Gasteiger partial charge in [0, 0.05) is 48.3 Å². The number of hydrogen-bond donors (Lipinski definition) is 1. The van der Waals surface area contributed by atoms with Crippen molar-refractivity contribution >= 4 is 57.9 Å². The number of halogens is 1. The lowest BCUT2D eigenvalue weighted by Gasteiger charge is -2.36. The summed E-state index contributed by atoms with van der Waals surface area (Å²) in [5, 5.41) is 5.50. The van der Waals surface area contributed by atoms with Gasteiger partial charge in [0.25, 0.3) is 5.91 Å². The van der Waals surface area contributed by atoms with Gasteiger partial charge in [-0.3, -0.25) is 9.59 Å². The molecule has 0 unspecified atom stereocenters. The standard InChI is InChI=1S/C26H29ClN4O2S2/c1-26(2,3)22-16-34-25(29-22)35-17-23(32)28-18-8-10-19(11-9-18)30-12-14-31(15-13-30)24(33)20-6-4-5-7-21(20)27/h4-11,16H,12-15,17H2,1-3H3,(H,28,32). The number of rotatable bonds is 6. The maximum Gasteiger partial charge on any atom is 0.255 e. The molecule has 1 aliphatic heterocycles. The van der Waals surface area contributed by atoms with Gasteiger partial charge in [-0.2, -0.15) is 0 Å². The first-order chi connectivity index (χ1) is 16.7. The number of thioether (sulfide) groups is 1. The van der Waals surface area contributed by atoms with Crippen LogP contribution in [0.25, 0.3) is 0 Å². The highest BCUT2D eigenvalue weighted by Gasteiger charge is 2.23. The number of anilines is 2. The van der Waals surface area contributed by atoms with E-state index in [4.69, 9.17) is 11.6 Å². The second-order valence-corrected chi connectivity index (χ2v) is 11.9. The van der Waals surface area contributed by atoms with Crippen molar-refractivity contribution in [2.45, 2.75) is 30.5 Å². The van der Waals surface area contributed by atoms with Gasteiger partial charge in [-0.1, -0.05) is 56.3 Å². The van der Waals surface area contributed by atoms with Crippen molar-refractivity contribution in [3.05, 3.63) is 70.2 Å². The summed E-state index contributed by atoms with van der Waals surface area (Å²) in [4.78, 5) is 33.9. The van der Waals surface area contributed by atoms with Gasteiger partial charge in [-0.25, -0.2) is 4.98 Å². The Morgan fingerprint density at radius 1 is 1.06 bits per heavy atom. The SMILES string of the molecule is CC(C)(C)c1csc(SCC(=O)Nc2ccc(N3CCN(C(=O)c4ccccc4Cl)CC3)cc2)n1. The lowest BCUT2D eigenvalue weighted by atomic mass is 9.93. The van der Waals surface area contributed by atoms with Crippen molar-refractivity contribution in [3.63, 3.8) is 0 Å². The van der Waals surface area contributed by atoms with Crippen LogP contribution in [-0.2, 0) is 10.2 Å². The summed E-state index contributed by atoms with van der Waals surface area (Å²) in [5.74, 6) is 0.237. The predicted octanol–water partition coefficient (Wildman–Crippen LogP) is 5.79. The number of benzene rings is 2. The second kappa shape index (κ2) is 11.0. The number of hydrogen-bond acceptors (Lipinski definition) is 6. The Bertz CT molecular complexity index is 1180. The van der Waals surface area contributed by atoms with Crippen molar-refractivity contribution in [1.82, 2.24) is 9.88 Å². The van der Waals surface area contributed by atoms with E-state index in [2.05, 4.69) is 41.4 Å². The second-order valence-electron chi connectivity index (χ2n) is 9.39. The minimum atomic E-state index is -0.0537. The fourth-order valence-electron chi connectivity index (χ4n) is 3.72. The zero-order valence-corrected chi connectivity index (χ0v) is 22.5. The molecule has 0 aliphatic carbocycles. The molecule has 0 bridgehead atoms. The van der Waals surface area contributed by atoms with Crippen molar-refractivity contribution in [1.29, 1.82) is 0 Å². The molecule has 1 saturated heterocycles. The molecule has 184 valence electrons. The van der Waals surface area contributed by atoms with E-state index < -0.39 is 0 Å². The lowest BCUT2D eigenvalue weighted by molar-refractivity contribution is -0.113. The van der Waals surface area contributed by atoms with E-state index in [1.165, 1.54) is 11.8 Å². The highest BCUT2D eigenvalue weighted by atomic mass is 35.5. The van der Waals surface area contributed by atoms with Gasteiger partial charge in [0.1, 0.15) is 0 Å². The number of nitrogens with one attached hydrogen (secondary N) is 1. The third-order valence-electron chi connectivity index (χ3n) is 5.77. The van der Waals surface area contributed by atoms with E-state index in [1.807, 2.05) is 41.3 Å². The Labute approximate surface area is 219 Å². The molecule has 1 aliphatic rings. The molecule has 2 heterocycles. The highest BCUT2D eigenvalue weighted by molar-refractivity contribution is 8.01. The van der Waals surface area contributed by atoms with Gasteiger partial charge in [-0.15, -0.1) is 11.3 Å². The fourth-order valence-corrected chi connectivity index (χ4v) is 5.79. The topological polar surface area (TPSA) is 65.5 Å². The van der Waals surface area contributed by atoms with Gasteiger partial charge in [0.15, 0.2) is 4.34 Å². The molecule has 0 atom stereocenters. The number of carbonyl (C=O) groups is 2. The van der Waals surface area contributed by atoms with Crippen LogP contribution in [0.15, 0.2) is 58.3 Å². The Kier molecular flexibility index (Phi) is 8.04. The molecule has 0 radical (unpaired) electrons. The first-order valence-corrected chi connectivity index (χ1v) is 13.7. The van der Waals surface area contributed by atoms with Crippen LogP contribution in [0.3, 0.4) is 0 Å². The van der Waals surface area contributed by atoms with Gasteiger partial charge < -0.3 is 15.1 Å². The largest absolute Gasteiger partial charge is 0.368 e. The summed E-state index contributed by atoms with van der Waals surface area (Å²) >= 11 is 9.23. The maximum absolute atomic E-state index is 12.8. The van der Waals surface area contributed by atoms with Crippen LogP contribution in [0.4, 0.5) is 11.4 Å². The number of aromatic nitrogens is 1. The Balaban J connectivity index is 1.25. The van der Waals surface area contributed by atoms with Crippen molar-refractivity contribution < 1.29 is 9.59 Å². The van der Waals surface area contributed by atoms with Crippen LogP contribution in [0.1, 0.15) is 36.8 Å². The van der Waals surface area contributed by atoms with Crippen molar-refractivity contribution in [2.24, 2.45) is 0 Å². The van der Waals surface area contributed by atoms with Crippen LogP contribution in [0, 0.1) is 0 Å². The molecule has 3 aromatic rings. The average molecular weight is 529 g/mol. The molecule has 35 heavy (non-hydrogen) atoms. The Hall–Kier alpha value is -2.55. The molecule has 2 aromatic carbocycles. The first kappa shape index (κ1) is 25.5. The van der Waals surface area contributed by atoms with E-state index >= 15 is 0 Å². The summed E-state index contributed by atoms with van der Waals surface area (Å²) < 4.78 is 0.910. The molecule has 6 nitrogen and oxygen atoms in total. The number of carbonyl (C=O) groups excluding carboxylic acids is 2. The average Bonchev–Trinajstić information content (AvgIpc) is 3.33. The van der Waals surface area contributed by atoms with Crippen LogP contribution in [-0.4, -0.2) is 53.6 Å². The molecule has 9 heteroatoms. The summed E-state index contributed by atoms with van der Waals surface area (Å²) in [6.45, 7) is 9.14. The normalized spacial score (nSPS) is 14.2. The predicted molar refractivity (Wildman–Crippen MR) is 146 cm³/mol. The maximum atomic E-state index is 12.8. The zero-order chi connectivity index (χ0) is 25.0. The quantitative estimate of drug-likeness (QED) is 0.410. The number of piperazine rings is 1. The summed E-state index contributed by atoms with van der Waals surface area (Å²) in [7, 11) is 0. The minimum absolute atomic E-state index is 0.0110. The van der Waals surface area contributed by atoms with E-state index in [-0.39, 0.29) is 17.2 Å². The molecule has 1 N–H and O–H groups in total. The third kappa shape index (κ3) is 6.57. The van der Waals surface area contributed by atoms with Gasteiger partial charge in [-0.05, 0) is 36.4 Å². The van der Waals surface area contributed by atoms with Gasteiger partial charge in [0.05, 0.1) is 22.0 Å². The summed E-state index contributed by atoms with van der Waals surface area (Å²) in [6.07, 6.45) is 0. The Morgan fingerprint density at radius 2 is 1.74 bits per heavy atom. The molecule has 1 fully saturated rings. The van der Waals surface area contributed by atoms with Crippen LogP contribution in [0.2, 0.25) is 5.02 Å². The Morgan fingerprint density at radius 3 is 2.37 bits per heavy atom. The van der Waals surface area contributed by atoms with Gasteiger partial charge in [0.2, 0.25) is 5.91 Å². The van der Waals surface area contributed by atoms with E-state index in [1.54, 1.807) is 23.5 Å². The summed E-state index contributed by atoms with van der Waals surface area (Å²) in [6, 6.07) is 15.0. The smallest absolute Gasteiger partial charge is 0.255 e. The molecular weight excluding hydrogens is 500 g/mol. The molecule has 0 saturated carbocycles. The zero-order valence-electron chi connectivity index (χ0n) is 20.1. The molecular formula is C26H29ClN4O2S2. The highest BCUT2D eigenvalue weighted by Crippen LogP contribution is 2.29. The number of amides is 2. The summed E-state index contributed by atoms with van der Waals surface area (Å²) in [5.41, 5.74) is 3.44. The van der Waals surface area contributed by atoms with E-state index in [0.29, 0.717) is 29.4 Å². The van der Waals surface area contributed by atoms with Crippen molar-refractivity contribution in [3.8, 4) is 0 Å². The fraction of sp³-hybridized carbons (Fsp3) is 0.346.